The summed E-state index contributed by atoms with van der Waals surface area (Å²) < 4.78 is 5.39. The molecular weight excluding hydrogens is 232 g/mol. The summed E-state index contributed by atoms with van der Waals surface area (Å²) in [6.45, 7) is 2.53. The average molecular weight is 248 g/mol. The Balaban J connectivity index is 2.08. The fourth-order valence-electron chi connectivity index (χ4n) is 1.67. The number of rotatable bonds is 5. The first-order chi connectivity index (χ1) is 8.69. The smallest absolute Gasteiger partial charge is 0.177 e. The van der Waals surface area contributed by atoms with Gasteiger partial charge in [0, 0.05) is 6.42 Å². The number of tetrazole rings is 1. The van der Waals surface area contributed by atoms with Gasteiger partial charge < -0.3 is 9.84 Å². The first-order valence-corrected chi connectivity index (χ1v) is 5.82. The highest BCUT2D eigenvalue weighted by Crippen LogP contribution is 2.21. The van der Waals surface area contributed by atoms with E-state index >= 15 is 0 Å². The lowest BCUT2D eigenvalue weighted by Gasteiger charge is -2.10. The zero-order valence-corrected chi connectivity index (χ0v) is 10.4. The van der Waals surface area contributed by atoms with Crippen LogP contribution in [0.5, 0.6) is 5.75 Å². The van der Waals surface area contributed by atoms with Crippen LogP contribution in [0.4, 0.5) is 0 Å². The summed E-state index contributed by atoms with van der Waals surface area (Å²) in [7, 11) is 1.69. The molecule has 0 fully saturated rings. The summed E-state index contributed by atoms with van der Waals surface area (Å²) in [4.78, 5) is 1.37. The van der Waals surface area contributed by atoms with E-state index in [0.29, 0.717) is 18.9 Å². The molecule has 0 aliphatic carbocycles. The van der Waals surface area contributed by atoms with Crippen LogP contribution in [0, 0.1) is 0 Å². The van der Waals surface area contributed by atoms with Gasteiger partial charge in [0.1, 0.15) is 5.75 Å². The van der Waals surface area contributed by atoms with Crippen LogP contribution >= 0.6 is 0 Å². The Labute approximate surface area is 105 Å². The lowest BCUT2D eigenvalue weighted by atomic mass is 10.1. The molecule has 0 saturated heterocycles. The molecule has 6 heteroatoms. The van der Waals surface area contributed by atoms with E-state index < -0.39 is 6.10 Å². The van der Waals surface area contributed by atoms with Gasteiger partial charge in [-0.3, -0.25) is 0 Å². The molecule has 1 aromatic carbocycles. The van der Waals surface area contributed by atoms with Gasteiger partial charge in [-0.15, -0.1) is 10.2 Å². The van der Waals surface area contributed by atoms with Crippen LogP contribution in [0.1, 0.15) is 24.4 Å². The van der Waals surface area contributed by atoms with Crippen molar-refractivity contribution in [3.63, 3.8) is 0 Å². The fourth-order valence-corrected chi connectivity index (χ4v) is 1.67. The zero-order chi connectivity index (χ0) is 13.0. The summed E-state index contributed by atoms with van der Waals surface area (Å²) in [5.41, 5.74) is 0.786. The molecule has 1 heterocycles. The number of aliphatic hydroxyl groups is 1. The molecule has 0 amide bonds. The predicted octanol–water partition coefficient (Wildman–Crippen LogP) is 0.885. The molecule has 18 heavy (non-hydrogen) atoms. The number of hydrogen-bond donors (Lipinski definition) is 1. The van der Waals surface area contributed by atoms with E-state index in [2.05, 4.69) is 15.4 Å². The highest BCUT2D eigenvalue weighted by atomic mass is 16.5. The number of ether oxygens (including phenoxy) is 1. The van der Waals surface area contributed by atoms with Crippen molar-refractivity contribution in [1.29, 1.82) is 0 Å². The molecule has 2 aromatic rings. The minimum absolute atomic E-state index is 0.337. The van der Waals surface area contributed by atoms with Crippen LogP contribution in [0.15, 0.2) is 24.3 Å². The van der Waals surface area contributed by atoms with Gasteiger partial charge in [-0.1, -0.05) is 12.1 Å². The zero-order valence-electron chi connectivity index (χ0n) is 10.4. The SMILES string of the molecule is CCOc1cccc(C(O)Cc2nnn(C)n2)c1. The molecule has 1 aromatic heterocycles. The molecular formula is C12H16N4O2. The topological polar surface area (TPSA) is 73.1 Å². The summed E-state index contributed by atoms with van der Waals surface area (Å²) in [6, 6.07) is 7.39. The van der Waals surface area contributed by atoms with Crippen molar-refractivity contribution in [2.75, 3.05) is 6.61 Å². The van der Waals surface area contributed by atoms with E-state index in [1.807, 2.05) is 31.2 Å². The Hall–Kier alpha value is -1.95. The van der Waals surface area contributed by atoms with Crippen molar-refractivity contribution in [3.05, 3.63) is 35.7 Å². The largest absolute Gasteiger partial charge is 0.494 e. The molecule has 1 unspecified atom stereocenters. The maximum atomic E-state index is 10.1. The Bertz CT molecular complexity index is 512. The molecule has 96 valence electrons. The molecule has 0 spiro atoms. The third-order valence-electron chi connectivity index (χ3n) is 2.48. The van der Waals surface area contributed by atoms with Crippen molar-refractivity contribution >= 4 is 0 Å². The number of aliphatic hydroxyl groups excluding tert-OH is 1. The maximum Gasteiger partial charge on any atom is 0.177 e. The third-order valence-corrected chi connectivity index (χ3v) is 2.48. The van der Waals surface area contributed by atoms with Crippen LogP contribution in [0.2, 0.25) is 0 Å². The monoisotopic (exact) mass is 248 g/mol. The Kier molecular flexibility index (Phi) is 3.88. The molecule has 0 aliphatic rings. The molecule has 0 bridgehead atoms. The third kappa shape index (κ3) is 3.04. The van der Waals surface area contributed by atoms with E-state index in [1.54, 1.807) is 7.05 Å². The minimum Gasteiger partial charge on any atom is -0.494 e. The Morgan fingerprint density at radius 2 is 2.28 bits per heavy atom. The quantitative estimate of drug-likeness (QED) is 0.850. The Morgan fingerprint density at radius 3 is 2.94 bits per heavy atom. The Morgan fingerprint density at radius 1 is 1.44 bits per heavy atom. The van der Waals surface area contributed by atoms with E-state index in [0.717, 1.165) is 11.3 Å². The van der Waals surface area contributed by atoms with Gasteiger partial charge in [0.15, 0.2) is 5.82 Å². The van der Waals surface area contributed by atoms with Gasteiger partial charge in [-0.25, -0.2) is 0 Å². The number of benzene rings is 1. The standard InChI is InChI=1S/C12H16N4O2/c1-3-18-10-6-4-5-9(7-10)11(17)8-12-13-15-16(2)14-12/h4-7,11,17H,3,8H2,1-2H3. The molecule has 0 saturated carbocycles. The second-order valence-corrected chi connectivity index (χ2v) is 3.92. The van der Waals surface area contributed by atoms with Gasteiger partial charge in [0.05, 0.1) is 19.8 Å². The maximum absolute atomic E-state index is 10.1. The van der Waals surface area contributed by atoms with Gasteiger partial charge in [0.25, 0.3) is 0 Å². The molecule has 2 rings (SSSR count). The van der Waals surface area contributed by atoms with Crippen molar-refractivity contribution in [2.24, 2.45) is 7.05 Å². The first-order valence-electron chi connectivity index (χ1n) is 5.82. The summed E-state index contributed by atoms with van der Waals surface area (Å²) in [5, 5.41) is 21.7. The average Bonchev–Trinajstić information content (AvgIpc) is 2.75. The summed E-state index contributed by atoms with van der Waals surface area (Å²) in [6.07, 6.45) is -0.321. The van der Waals surface area contributed by atoms with Crippen LogP contribution in [0.3, 0.4) is 0 Å². The molecule has 6 nitrogen and oxygen atoms in total. The van der Waals surface area contributed by atoms with Crippen molar-refractivity contribution in [3.8, 4) is 5.75 Å². The highest BCUT2D eigenvalue weighted by Gasteiger charge is 2.12. The number of aryl methyl sites for hydroxylation is 1. The normalized spacial score (nSPS) is 12.4. The highest BCUT2D eigenvalue weighted by molar-refractivity contribution is 5.30. The van der Waals surface area contributed by atoms with Gasteiger partial charge >= 0.3 is 0 Å². The molecule has 1 N–H and O–H groups in total. The van der Waals surface area contributed by atoms with Crippen molar-refractivity contribution < 1.29 is 9.84 Å². The molecule has 1 atom stereocenters. The van der Waals surface area contributed by atoms with Gasteiger partial charge in [0.2, 0.25) is 0 Å². The van der Waals surface area contributed by atoms with Crippen LogP contribution < -0.4 is 4.74 Å². The van der Waals surface area contributed by atoms with Gasteiger partial charge in [-0.05, 0) is 29.8 Å². The first kappa shape index (κ1) is 12.5. The van der Waals surface area contributed by atoms with Crippen LogP contribution in [-0.4, -0.2) is 31.9 Å². The van der Waals surface area contributed by atoms with Crippen molar-refractivity contribution in [2.45, 2.75) is 19.4 Å². The van der Waals surface area contributed by atoms with Crippen LogP contribution in [0.25, 0.3) is 0 Å². The summed E-state index contributed by atoms with van der Waals surface area (Å²) in [5.74, 6) is 1.27. The number of aromatic nitrogens is 4. The van der Waals surface area contributed by atoms with Gasteiger partial charge in [-0.2, -0.15) is 4.80 Å². The van der Waals surface area contributed by atoms with E-state index in [4.69, 9.17) is 4.74 Å². The fraction of sp³-hybridized carbons (Fsp3) is 0.417. The second-order valence-electron chi connectivity index (χ2n) is 3.92. The van der Waals surface area contributed by atoms with E-state index in [-0.39, 0.29) is 0 Å². The molecule has 0 radical (unpaired) electrons. The lowest BCUT2D eigenvalue weighted by Crippen LogP contribution is -2.04. The van der Waals surface area contributed by atoms with Crippen LogP contribution in [-0.2, 0) is 13.5 Å². The molecule has 0 aliphatic heterocycles. The van der Waals surface area contributed by atoms with E-state index in [9.17, 15) is 5.11 Å². The predicted molar refractivity (Wildman–Crippen MR) is 65.1 cm³/mol. The lowest BCUT2D eigenvalue weighted by molar-refractivity contribution is 0.175. The van der Waals surface area contributed by atoms with E-state index in [1.165, 1.54) is 4.80 Å². The minimum atomic E-state index is -0.658. The summed E-state index contributed by atoms with van der Waals surface area (Å²) >= 11 is 0. The number of hydrogen-bond acceptors (Lipinski definition) is 5. The second kappa shape index (κ2) is 5.59. The van der Waals surface area contributed by atoms with Crippen molar-refractivity contribution in [1.82, 2.24) is 20.2 Å². The number of nitrogens with zero attached hydrogens (tertiary/aromatic N) is 4.